The normalized spacial score (nSPS) is 15.1. The predicted molar refractivity (Wildman–Crippen MR) is 214 cm³/mol. The molecule has 0 saturated carbocycles. The standard InChI is InChI=1S/C48H37NO3S/c1-47(2)33-15-5-7-21-39(33)51-44-35(47)17-12-19-37(44)49(38-20-13-18-36-45(38)52-40-22-8-6-16-34(40)48(36,3)4)31-28-26-30(27-29-31)32-14-11-24-42-46(32)53-43-25-10-9-23-41(43)50-42/h5-29H,1-4H3. The Hall–Kier alpha value is -5.91. The first-order chi connectivity index (χ1) is 25.8. The van der Waals surface area contributed by atoms with Gasteiger partial charge in [0, 0.05) is 38.8 Å². The molecule has 0 amide bonds. The molecule has 3 aliphatic rings. The van der Waals surface area contributed by atoms with Crippen molar-refractivity contribution in [1.82, 2.24) is 0 Å². The van der Waals surface area contributed by atoms with Crippen LogP contribution in [0.4, 0.5) is 17.1 Å². The molecule has 0 saturated heterocycles. The Labute approximate surface area is 314 Å². The Morgan fingerprint density at radius 3 is 1.53 bits per heavy atom. The maximum Gasteiger partial charge on any atom is 0.155 e. The number of ether oxygens (including phenoxy) is 3. The molecular formula is C48H37NO3S. The third-order valence-corrected chi connectivity index (χ3v) is 12.2. The quantitative estimate of drug-likeness (QED) is 0.182. The van der Waals surface area contributed by atoms with Gasteiger partial charge in [-0.3, -0.25) is 0 Å². The van der Waals surface area contributed by atoms with E-state index in [1.807, 2.05) is 30.3 Å². The van der Waals surface area contributed by atoms with Crippen molar-refractivity contribution < 1.29 is 14.2 Å². The average molecular weight is 708 g/mol. The Morgan fingerprint density at radius 1 is 0.434 bits per heavy atom. The van der Waals surface area contributed by atoms with Crippen molar-refractivity contribution in [3.8, 4) is 45.6 Å². The monoisotopic (exact) mass is 707 g/mol. The highest BCUT2D eigenvalue weighted by Crippen LogP contribution is 2.58. The molecule has 10 rings (SSSR count). The summed E-state index contributed by atoms with van der Waals surface area (Å²) < 4.78 is 20.1. The van der Waals surface area contributed by atoms with Crippen molar-refractivity contribution in [3.05, 3.63) is 174 Å². The number of benzene rings is 7. The van der Waals surface area contributed by atoms with Crippen LogP contribution in [0.25, 0.3) is 11.1 Å². The zero-order valence-electron chi connectivity index (χ0n) is 30.0. The van der Waals surface area contributed by atoms with Gasteiger partial charge >= 0.3 is 0 Å². The van der Waals surface area contributed by atoms with Gasteiger partial charge in [0.25, 0.3) is 0 Å². The van der Waals surface area contributed by atoms with Crippen molar-refractivity contribution >= 4 is 28.8 Å². The van der Waals surface area contributed by atoms with Crippen LogP contribution < -0.4 is 19.1 Å². The van der Waals surface area contributed by atoms with Crippen molar-refractivity contribution in [2.24, 2.45) is 0 Å². The molecule has 0 spiro atoms. The highest BCUT2D eigenvalue weighted by atomic mass is 32.2. The summed E-state index contributed by atoms with van der Waals surface area (Å²) in [5, 5.41) is 0. The maximum atomic E-state index is 6.89. The lowest BCUT2D eigenvalue weighted by Gasteiger charge is -2.39. The second-order valence-electron chi connectivity index (χ2n) is 14.9. The van der Waals surface area contributed by atoms with E-state index in [4.69, 9.17) is 14.2 Å². The molecule has 3 heterocycles. The minimum atomic E-state index is -0.270. The molecule has 0 radical (unpaired) electrons. The van der Waals surface area contributed by atoms with E-state index < -0.39 is 0 Å². The van der Waals surface area contributed by atoms with Crippen LogP contribution in [0.15, 0.2) is 161 Å². The molecule has 0 fully saturated rings. The largest absolute Gasteiger partial charge is 0.455 e. The zero-order chi connectivity index (χ0) is 35.9. The van der Waals surface area contributed by atoms with Crippen LogP contribution in [0, 0.1) is 0 Å². The summed E-state index contributed by atoms with van der Waals surface area (Å²) >= 11 is 1.76. The lowest BCUT2D eigenvalue weighted by atomic mass is 9.75. The molecule has 0 unspecified atom stereocenters. The first-order valence-corrected chi connectivity index (χ1v) is 18.9. The summed E-state index contributed by atoms with van der Waals surface area (Å²) in [6.45, 7) is 9.13. The molecule has 258 valence electrons. The fourth-order valence-corrected chi connectivity index (χ4v) is 9.31. The van der Waals surface area contributed by atoms with E-state index in [2.05, 4.69) is 154 Å². The van der Waals surface area contributed by atoms with E-state index >= 15 is 0 Å². The van der Waals surface area contributed by atoms with Gasteiger partial charge < -0.3 is 19.1 Å². The topological polar surface area (TPSA) is 30.9 Å². The predicted octanol–water partition coefficient (Wildman–Crippen LogP) is 13.9. The first kappa shape index (κ1) is 31.8. The fraction of sp³-hybridized carbons (Fsp3) is 0.125. The third-order valence-electron chi connectivity index (χ3n) is 11.1. The second kappa shape index (κ2) is 11.8. The molecule has 0 N–H and O–H groups in total. The highest BCUT2D eigenvalue weighted by molar-refractivity contribution is 7.99. The fourth-order valence-electron chi connectivity index (χ4n) is 8.23. The summed E-state index contributed by atoms with van der Waals surface area (Å²) in [5.41, 5.74) is 9.23. The minimum absolute atomic E-state index is 0.270. The molecule has 0 aromatic heterocycles. The van der Waals surface area contributed by atoms with Crippen LogP contribution >= 0.6 is 11.8 Å². The Kier molecular flexibility index (Phi) is 7.08. The highest BCUT2D eigenvalue weighted by Gasteiger charge is 2.39. The molecule has 5 heteroatoms. The van der Waals surface area contributed by atoms with E-state index in [1.54, 1.807) is 11.8 Å². The van der Waals surface area contributed by atoms with Crippen LogP contribution in [0.5, 0.6) is 34.5 Å². The smallest absolute Gasteiger partial charge is 0.155 e. The molecule has 7 aromatic rings. The average Bonchev–Trinajstić information content (AvgIpc) is 3.18. The van der Waals surface area contributed by atoms with Crippen LogP contribution in [-0.4, -0.2) is 0 Å². The molecule has 4 nitrogen and oxygen atoms in total. The van der Waals surface area contributed by atoms with Gasteiger partial charge in [-0.2, -0.15) is 0 Å². The van der Waals surface area contributed by atoms with E-state index in [1.165, 1.54) is 11.1 Å². The number of fused-ring (bicyclic) bond motifs is 6. The molecule has 0 bridgehead atoms. The van der Waals surface area contributed by atoms with Gasteiger partial charge in [-0.1, -0.05) is 137 Å². The van der Waals surface area contributed by atoms with Crippen LogP contribution in [0.2, 0.25) is 0 Å². The summed E-state index contributed by atoms with van der Waals surface area (Å²) in [6, 6.07) is 53.1. The van der Waals surface area contributed by atoms with Gasteiger partial charge in [0.1, 0.15) is 23.0 Å². The minimum Gasteiger partial charge on any atom is -0.455 e. The zero-order valence-corrected chi connectivity index (χ0v) is 30.8. The van der Waals surface area contributed by atoms with Crippen molar-refractivity contribution in [2.45, 2.75) is 48.3 Å². The Morgan fingerprint density at radius 2 is 0.925 bits per heavy atom. The van der Waals surface area contributed by atoms with Gasteiger partial charge in [-0.05, 0) is 65.7 Å². The van der Waals surface area contributed by atoms with E-state index in [9.17, 15) is 0 Å². The van der Waals surface area contributed by atoms with Crippen LogP contribution in [-0.2, 0) is 10.8 Å². The van der Waals surface area contributed by atoms with Gasteiger partial charge in [-0.25, -0.2) is 0 Å². The number of rotatable bonds is 4. The number of para-hydroxylation sites is 5. The summed E-state index contributed by atoms with van der Waals surface area (Å²) in [5.74, 6) is 5.22. The van der Waals surface area contributed by atoms with Gasteiger partial charge in [0.05, 0.1) is 21.2 Å². The Bertz CT molecular complexity index is 2480. The molecular weight excluding hydrogens is 671 g/mol. The van der Waals surface area contributed by atoms with Crippen molar-refractivity contribution in [3.63, 3.8) is 0 Å². The number of hydrogen-bond donors (Lipinski definition) is 0. The number of nitrogens with zero attached hydrogens (tertiary/aromatic N) is 1. The number of anilines is 3. The molecule has 3 aliphatic heterocycles. The molecule has 0 aliphatic carbocycles. The van der Waals surface area contributed by atoms with Crippen LogP contribution in [0.1, 0.15) is 49.9 Å². The maximum absolute atomic E-state index is 6.89. The second-order valence-corrected chi connectivity index (χ2v) is 16.0. The van der Waals surface area contributed by atoms with Gasteiger partial charge in [0.15, 0.2) is 11.5 Å². The molecule has 53 heavy (non-hydrogen) atoms. The lowest BCUT2D eigenvalue weighted by molar-refractivity contribution is 0.416. The van der Waals surface area contributed by atoms with E-state index in [0.717, 1.165) is 83.6 Å². The third kappa shape index (κ3) is 4.91. The summed E-state index contributed by atoms with van der Waals surface area (Å²) in [7, 11) is 0. The van der Waals surface area contributed by atoms with Gasteiger partial charge in [0.2, 0.25) is 0 Å². The van der Waals surface area contributed by atoms with Crippen LogP contribution in [0.3, 0.4) is 0 Å². The summed E-state index contributed by atoms with van der Waals surface area (Å²) in [4.78, 5) is 4.55. The Balaban J connectivity index is 1.15. The van der Waals surface area contributed by atoms with Crippen molar-refractivity contribution in [1.29, 1.82) is 0 Å². The van der Waals surface area contributed by atoms with E-state index in [-0.39, 0.29) is 10.8 Å². The SMILES string of the molecule is CC1(C)c2ccccc2Oc2c(N(c3ccc(-c4cccc5c4Sc4ccccc4O5)cc3)c3cccc4c3Oc3ccccc3C4(C)C)cccc21. The summed E-state index contributed by atoms with van der Waals surface area (Å²) in [6.07, 6.45) is 0. The van der Waals surface area contributed by atoms with Gasteiger partial charge in [-0.15, -0.1) is 0 Å². The number of hydrogen-bond acceptors (Lipinski definition) is 5. The van der Waals surface area contributed by atoms with E-state index in [0.29, 0.717) is 0 Å². The lowest BCUT2D eigenvalue weighted by Crippen LogP contribution is -2.27. The molecule has 7 aromatic carbocycles. The molecule has 0 atom stereocenters. The first-order valence-electron chi connectivity index (χ1n) is 18.1. The van der Waals surface area contributed by atoms with Crippen molar-refractivity contribution in [2.75, 3.05) is 4.90 Å².